The van der Waals surface area contributed by atoms with Crippen molar-refractivity contribution in [1.29, 1.82) is 0 Å². The van der Waals surface area contributed by atoms with Crippen LogP contribution in [-0.4, -0.2) is 36.8 Å². The van der Waals surface area contributed by atoms with Gasteiger partial charge in [0.05, 0.1) is 11.0 Å². The Morgan fingerprint density at radius 3 is 2.52 bits per heavy atom. The second kappa shape index (κ2) is 9.55. The summed E-state index contributed by atoms with van der Waals surface area (Å²) in [5, 5.41) is 2.62. The summed E-state index contributed by atoms with van der Waals surface area (Å²) in [6, 6.07) is 13.3. The summed E-state index contributed by atoms with van der Waals surface area (Å²) >= 11 is 3.12. The van der Waals surface area contributed by atoms with Gasteiger partial charge in [-0.15, -0.1) is 6.42 Å². The van der Waals surface area contributed by atoms with Gasteiger partial charge in [-0.1, -0.05) is 52.2 Å². The lowest BCUT2D eigenvalue weighted by atomic mass is 10.0. The number of rotatable bonds is 6. The molecule has 2 amide bonds. The van der Waals surface area contributed by atoms with E-state index >= 15 is 0 Å². The second-order valence-corrected chi connectivity index (χ2v) is 5.98. The van der Waals surface area contributed by atoms with E-state index < -0.39 is 6.09 Å². The number of ether oxygens (including phenoxy) is 1. The summed E-state index contributed by atoms with van der Waals surface area (Å²) in [7, 11) is 1.58. The van der Waals surface area contributed by atoms with Gasteiger partial charge in [0.1, 0.15) is 0 Å². The Balaban J connectivity index is 2.43. The summed E-state index contributed by atoms with van der Waals surface area (Å²) < 4.78 is 4.77. The molecule has 2 aromatic carbocycles. The molecule has 0 aromatic heterocycles. The molecule has 0 saturated carbocycles. The van der Waals surface area contributed by atoms with Crippen LogP contribution < -0.4 is 10.2 Å². The molecule has 0 saturated heterocycles. The topological polar surface area (TPSA) is 75.7 Å². The van der Waals surface area contributed by atoms with Crippen molar-refractivity contribution in [3.63, 3.8) is 0 Å². The number of hydrogen-bond acceptors (Lipinski definition) is 4. The highest BCUT2D eigenvalue weighted by Crippen LogP contribution is 2.27. The van der Waals surface area contributed by atoms with Crippen molar-refractivity contribution < 1.29 is 19.1 Å². The van der Waals surface area contributed by atoms with E-state index in [0.29, 0.717) is 16.9 Å². The minimum atomic E-state index is -0.733. The van der Waals surface area contributed by atoms with Gasteiger partial charge < -0.3 is 9.64 Å². The van der Waals surface area contributed by atoms with Crippen molar-refractivity contribution in [2.24, 2.45) is 0 Å². The number of nitrogens with one attached hydrogen (secondary N) is 1. The molecule has 7 heteroatoms. The summed E-state index contributed by atoms with van der Waals surface area (Å²) in [5.41, 5.74) is 1.51. The number of carbonyl (C=O) groups excluding carboxylic acids is 3. The van der Waals surface area contributed by atoms with Crippen molar-refractivity contribution in [3.05, 3.63) is 59.7 Å². The zero-order valence-corrected chi connectivity index (χ0v) is 16.2. The smallest absolute Gasteiger partial charge is 0.412 e. The van der Waals surface area contributed by atoms with E-state index in [-0.39, 0.29) is 29.2 Å². The molecular formula is C20H17BrN2O4. The standard InChI is InChI=1S/C20H17BrN2O4/c1-3-11-27-20(26)22-15-9-10-17(23(2)18(24)13-21)16(12-15)19(25)14-7-5-4-6-8-14/h1,4-10,12H,11,13H2,2H3,(H,22,26). The Morgan fingerprint density at radius 1 is 1.19 bits per heavy atom. The fraction of sp³-hybridized carbons (Fsp3) is 0.150. The molecule has 0 heterocycles. The number of ketones is 1. The van der Waals surface area contributed by atoms with Crippen LogP contribution in [0.15, 0.2) is 48.5 Å². The number of nitrogens with zero attached hydrogens (tertiary/aromatic N) is 1. The van der Waals surface area contributed by atoms with Gasteiger partial charge in [-0.3, -0.25) is 14.9 Å². The molecule has 138 valence electrons. The summed E-state index contributed by atoms with van der Waals surface area (Å²) in [5.74, 6) is 1.70. The molecule has 0 atom stereocenters. The normalized spacial score (nSPS) is 9.81. The molecule has 2 aromatic rings. The molecule has 0 unspecified atom stereocenters. The molecule has 0 aliphatic rings. The molecule has 6 nitrogen and oxygen atoms in total. The van der Waals surface area contributed by atoms with Crippen LogP contribution in [0.1, 0.15) is 15.9 Å². The Labute approximate surface area is 165 Å². The van der Waals surface area contributed by atoms with Gasteiger partial charge in [-0.25, -0.2) is 4.79 Å². The molecule has 0 fully saturated rings. The first kappa shape index (κ1) is 20.2. The second-order valence-electron chi connectivity index (χ2n) is 5.42. The van der Waals surface area contributed by atoms with Crippen LogP contribution >= 0.6 is 15.9 Å². The third kappa shape index (κ3) is 5.19. The third-order valence-electron chi connectivity index (χ3n) is 3.66. The van der Waals surface area contributed by atoms with Gasteiger partial charge in [0.2, 0.25) is 5.91 Å². The van der Waals surface area contributed by atoms with Gasteiger partial charge in [-0.2, -0.15) is 0 Å². The molecule has 1 N–H and O–H groups in total. The summed E-state index contributed by atoms with van der Waals surface area (Å²) in [4.78, 5) is 38.1. The fourth-order valence-electron chi connectivity index (χ4n) is 2.32. The van der Waals surface area contributed by atoms with Crippen molar-refractivity contribution in [2.75, 3.05) is 29.2 Å². The maximum absolute atomic E-state index is 13.0. The quantitative estimate of drug-likeness (QED) is 0.434. The Hall–Kier alpha value is -3.11. The molecule has 0 spiro atoms. The molecule has 0 aliphatic carbocycles. The van der Waals surface area contributed by atoms with Crippen LogP contribution in [0.4, 0.5) is 16.2 Å². The van der Waals surface area contributed by atoms with Gasteiger partial charge >= 0.3 is 6.09 Å². The van der Waals surface area contributed by atoms with E-state index in [1.165, 1.54) is 11.0 Å². The lowest BCUT2D eigenvalue weighted by Crippen LogP contribution is -2.29. The molecule has 2 rings (SSSR count). The summed E-state index contributed by atoms with van der Waals surface area (Å²) in [6.07, 6.45) is 4.32. The van der Waals surface area contributed by atoms with E-state index in [4.69, 9.17) is 11.2 Å². The van der Waals surface area contributed by atoms with Crippen LogP contribution in [0.25, 0.3) is 0 Å². The van der Waals surface area contributed by atoms with E-state index in [0.717, 1.165) is 0 Å². The zero-order chi connectivity index (χ0) is 19.8. The molecule has 0 radical (unpaired) electrons. The predicted molar refractivity (Wildman–Crippen MR) is 107 cm³/mol. The Bertz CT molecular complexity index is 891. The number of hydrogen-bond donors (Lipinski definition) is 1. The number of halogens is 1. The maximum atomic E-state index is 13.0. The lowest BCUT2D eigenvalue weighted by Gasteiger charge is -2.20. The Morgan fingerprint density at radius 2 is 1.89 bits per heavy atom. The van der Waals surface area contributed by atoms with Crippen LogP contribution in [-0.2, 0) is 9.53 Å². The van der Waals surface area contributed by atoms with Gasteiger partial charge in [-0.05, 0) is 18.2 Å². The molecule has 0 aliphatic heterocycles. The zero-order valence-electron chi connectivity index (χ0n) is 14.6. The number of benzene rings is 2. The highest BCUT2D eigenvalue weighted by atomic mass is 79.9. The van der Waals surface area contributed by atoms with Crippen LogP contribution in [0, 0.1) is 12.3 Å². The number of carbonyl (C=O) groups is 3. The highest BCUT2D eigenvalue weighted by Gasteiger charge is 2.20. The first-order valence-electron chi connectivity index (χ1n) is 7.91. The van der Waals surface area contributed by atoms with Crippen molar-refractivity contribution in [2.45, 2.75) is 0 Å². The minimum Gasteiger partial charge on any atom is -0.436 e. The minimum absolute atomic E-state index is 0.112. The van der Waals surface area contributed by atoms with Crippen molar-refractivity contribution >= 4 is 45.1 Å². The first-order chi connectivity index (χ1) is 13.0. The fourth-order valence-corrected chi connectivity index (χ4v) is 2.69. The van der Waals surface area contributed by atoms with Gasteiger partial charge in [0.15, 0.2) is 12.4 Å². The Kier molecular flexibility index (Phi) is 7.15. The number of anilines is 2. The number of terminal acetylenes is 1. The lowest BCUT2D eigenvalue weighted by molar-refractivity contribution is -0.115. The van der Waals surface area contributed by atoms with E-state index in [2.05, 4.69) is 27.2 Å². The van der Waals surface area contributed by atoms with Crippen LogP contribution in [0.5, 0.6) is 0 Å². The van der Waals surface area contributed by atoms with E-state index in [1.54, 1.807) is 49.5 Å². The average Bonchev–Trinajstić information content (AvgIpc) is 2.71. The van der Waals surface area contributed by atoms with Crippen molar-refractivity contribution in [3.8, 4) is 12.3 Å². The highest BCUT2D eigenvalue weighted by molar-refractivity contribution is 9.09. The number of amides is 2. The van der Waals surface area contributed by atoms with Gasteiger partial charge in [0, 0.05) is 23.9 Å². The monoisotopic (exact) mass is 428 g/mol. The van der Waals surface area contributed by atoms with Crippen LogP contribution in [0.3, 0.4) is 0 Å². The first-order valence-corrected chi connectivity index (χ1v) is 9.03. The van der Waals surface area contributed by atoms with E-state index in [1.807, 2.05) is 0 Å². The van der Waals surface area contributed by atoms with Gasteiger partial charge in [0.25, 0.3) is 0 Å². The largest absolute Gasteiger partial charge is 0.436 e. The van der Waals surface area contributed by atoms with Crippen molar-refractivity contribution in [1.82, 2.24) is 0 Å². The molecule has 27 heavy (non-hydrogen) atoms. The summed E-state index contributed by atoms with van der Waals surface area (Å²) in [6.45, 7) is -0.164. The van der Waals surface area contributed by atoms with Crippen LogP contribution in [0.2, 0.25) is 0 Å². The SMILES string of the molecule is C#CCOC(=O)Nc1ccc(N(C)C(=O)CBr)c(C(=O)c2ccccc2)c1. The third-order valence-corrected chi connectivity index (χ3v) is 4.14. The average molecular weight is 429 g/mol. The molecular weight excluding hydrogens is 412 g/mol. The predicted octanol–water partition coefficient (Wildman–Crippen LogP) is 3.46. The van der Waals surface area contributed by atoms with E-state index in [9.17, 15) is 14.4 Å². The number of alkyl halides is 1. The maximum Gasteiger partial charge on any atom is 0.412 e. The molecule has 0 bridgehead atoms.